The summed E-state index contributed by atoms with van der Waals surface area (Å²) in [6.45, 7) is 2.89. The maximum absolute atomic E-state index is 9.10. The lowest BCUT2D eigenvalue weighted by Gasteiger charge is -2.36. The topological polar surface area (TPSA) is 143 Å². The minimum absolute atomic E-state index is 0.314. The summed E-state index contributed by atoms with van der Waals surface area (Å²) in [7, 11) is 0. The third-order valence-electron chi connectivity index (χ3n) is 3.68. The Morgan fingerprint density at radius 1 is 1.19 bits per heavy atom. The largest absolute Gasteiger partial charge is 0.473 e. The van der Waals surface area contributed by atoms with Crippen molar-refractivity contribution in [1.82, 2.24) is 25.0 Å². The molecule has 0 unspecified atom stereocenters. The van der Waals surface area contributed by atoms with Crippen molar-refractivity contribution >= 4 is 23.3 Å². The second kappa shape index (κ2) is 8.47. The molecule has 0 saturated carbocycles. The molecule has 0 atom stereocenters. The highest BCUT2D eigenvalue weighted by molar-refractivity contribution is 7.07. The molecule has 0 amide bonds. The summed E-state index contributed by atoms with van der Waals surface area (Å²) < 4.78 is 5.34. The molecule has 4 heterocycles. The number of hydrogen-bond donors (Lipinski definition) is 2. The molecule has 4 rings (SSSR count). The number of carboxylic acids is 2. The lowest BCUT2D eigenvalue weighted by molar-refractivity contribution is -0.159. The normalized spacial score (nSPS) is 14.1. The molecule has 1 fully saturated rings. The first kappa shape index (κ1) is 18.6. The van der Waals surface area contributed by atoms with Crippen molar-refractivity contribution in [1.29, 1.82) is 0 Å². The third kappa shape index (κ3) is 4.92. The molecule has 1 aliphatic rings. The molecule has 3 aromatic heterocycles. The average Bonchev–Trinajstić information content (AvgIpc) is 3.31. The molecule has 10 nitrogen and oxygen atoms in total. The van der Waals surface area contributed by atoms with Crippen LogP contribution in [0.1, 0.15) is 17.4 Å². The molecule has 0 aliphatic carbocycles. The van der Waals surface area contributed by atoms with Gasteiger partial charge in [0, 0.05) is 32.0 Å². The van der Waals surface area contributed by atoms with E-state index in [1.807, 2.05) is 0 Å². The standard InChI is InChI=1S/C14H13N5OS.C2H2O4/c1-3-15-12(16-4-1)13-17-14(20-18-13)11-7-19(8-11)6-10-2-5-21-9-10;3-1(4)2(5)6/h1-5,9,11H,6-8H2;(H,3,4)(H,5,6). The Balaban J connectivity index is 0.000000307. The van der Waals surface area contributed by atoms with Crippen LogP contribution in [0.3, 0.4) is 0 Å². The predicted molar refractivity (Wildman–Crippen MR) is 92.9 cm³/mol. The van der Waals surface area contributed by atoms with E-state index in [0.29, 0.717) is 23.5 Å². The summed E-state index contributed by atoms with van der Waals surface area (Å²) in [5, 5.41) is 23.0. The van der Waals surface area contributed by atoms with Crippen LogP contribution in [0.4, 0.5) is 0 Å². The monoisotopic (exact) mass is 389 g/mol. The van der Waals surface area contributed by atoms with Crippen molar-refractivity contribution in [3.8, 4) is 11.6 Å². The lowest BCUT2D eigenvalue weighted by atomic mass is 10.00. The minimum Gasteiger partial charge on any atom is -0.473 e. The minimum atomic E-state index is -1.82. The van der Waals surface area contributed by atoms with Crippen molar-refractivity contribution in [2.24, 2.45) is 0 Å². The van der Waals surface area contributed by atoms with Crippen LogP contribution in [0.5, 0.6) is 0 Å². The lowest BCUT2D eigenvalue weighted by Crippen LogP contribution is -2.44. The van der Waals surface area contributed by atoms with Gasteiger partial charge in [0.15, 0.2) is 0 Å². The Bertz CT molecular complexity index is 881. The first-order valence-electron chi connectivity index (χ1n) is 7.83. The van der Waals surface area contributed by atoms with E-state index in [4.69, 9.17) is 24.3 Å². The van der Waals surface area contributed by atoms with Crippen LogP contribution in [0.2, 0.25) is 0 Å². The molecular formula is C16H15N5O5S. The smallest absolute Gasteiger partial charge is 0.414 e. The number of nitrogens with zero attached hydrogens (tertiary/aromatic N) is 5. The van der Waals surface area contributed by atoms with Crippen molar-refractivity contribution in [2.45, 2.75) is 12.5 Å². The molecule has 0 aromatic carbocycles. The van der Waals surface area contributed by atoms with Crippen molar-refractivity contribution in [2.75, 3.05) is 13.1 Å². The molecule has 1 saturated heterocycles. The van der Waals surface area contributed by atoms with Crippen LogP contribution in [-0.4, -0.2) is 60.2 Å². The number of carboxylic acid groups (broad SMARTS) is 2. The average molecular weight is 389 g/mol. The van der Waals surface area contributed by atoms with Crippen LogP contribution in [0, 0.1) is 0 Å². The van der Waals surface area contributed by atoms with E-state index >= 15 is 0 Å². The van der Waals surface area contributed by atoms with Crippen LogP contribution in [-0.2, 0) is 16.1 Å². The van der Waals surface area contributed by atoms with Gasteiger partial charge in [-0.1, -0.05) is 5.16 Å². The van der Waals surface area contributed by atoms with E-state index < -0.39 is 11.9 Å². The highest BCUT2D eigenvalue weighted by atomic mass is 32.1. The number of aliphatic carboxylic acids is 2. The molecule has 0 spiro atoms. The van der Waals surface area contributed by atoms with Crippen LogP contribution in [0.25, 0.3) is 11.6 Å². The zero-order valence-electron chi connectivity index (χ0n) is 13.9. The highest BCUT2D eigenvalue weighted by Gasteiger charge is 2.32. The van der Waals surface area contributed by atoms with Crippen molar-refractivity contribution in [3.63, 3.8) is 0 Å². The number of hydrogen-bond acceptors (Lipinski definition) is 9. The number of aromatic nitrogens is 4. The maximum atomic E-state index is 9.10. The molecule has 140 valence electrons. The van der Waals surface area contributed by atoms with Crippen molar-refractivity contribution in [3.05, 3.63) is 46.7 Å². The fourth-order valence-corrected chi connectivity index (χ4v) is 3.06. The van der Waals surface area contributed by atoms with Crippen molar-refractivity contribution < 1.29 is 24.3 Å². The van der Waals surface area contributed by atoms with Gasteiger partial charge in [-0.15, -0.1) is 0 Å². The van der Waals surface area contributed by atoms with E-state index in [1.165, 1.54) is 5.56 Å². The van der Waals surface area contributed by atoms with Gasteiger partial charge in [-0.25, -0.2) is 19.6 Å². The van der Waals surface area contributed by atoms with Gasteiger partial charge < -0.3 is 14.7 Å². The van der Waals surface area contributed by atoms with E-state index in [9.17, 15) is 0 Å². The van der Waals surface area contributed by atoms with Gasteiger partial charge in [0.25, 0.3) is 0 Å². The van der Waals surface area contributed by atoms with E-state index in [-0.39, 0.29) is 0 Å². The van der Waals surface area contributed by atoms with Gasteiger partial charge in [-0.2, -0.15) is 16.3 Å². The summed E-state index contributed by atoms with van der Waals surface area (Å²) in [6.07, 6.45) is 3.34. The molecule has 1 aliphatic heterocycles. The summed E-state index contributed by atoms with van der Waals surface area (Å²) in [5.74, 6) is -1.69. The van der Waals surface area contributed by atoms with E-state index in [0.717, 1.165) is 19.6 Å². The predicted octanol–water partition coefficient (Wildman–Crippen LogP) is 1.34. The van der Waals surface area contributed by atoms with E-state index in [1.54, 1.807) is 29.8 Å². The maximum Gasteiger partial charge on any atom is 0.414 e. The number of rotatable bonds is 4. The quantitative estimate of drug-likeness (QED) is 0.627. The second-order valence-corrected chi connectivity index (χ2v) is 6.44. The summed E-state index contributed by atoms with van der Waals surface area (Å²) in [4.78, 5) is 33.2. The van der Waals surface area contributed by atoms with Gasteiger partial charge in [0.1, 0.15) is 0 Å². The summed E-state index contributed by atoms with van der Waals surface area (Å²) in [6, 6.07) is 3.92. The highest BCUT2D eigenvalue weighted by Crippen LogP contribution is 2.28. The number of likely N-dealkylation sites (tertiary alicyclic amines) is 1. The van der Waals surface area contributed by atoms with Gasteiger partial charge in [0.05, 0.1) is 5.92 Å². The molecule has 0 bridgehead atoms. The molecule has 3 aromatic rings. The zero-order valence-corrected chi connectivity index (χ0v) is 14.7. The Morgan fingerprint density at radius 2 is 1.89 bits per heavy atom. The van der Waals surface area contributed by atoms with Crippen LogP contribution in [0.15, 0.2) is 39.8 Å². The third-order valence-corrected chi connectivity index (χ3v) is 4.42. The molecular weight excluding hydrogens is 374 g/mol. The van der Waals surface area contributed by atoms with Gasteiger partial charge in [-0.3, -0.25) is 4.90 Å². The van der Waals surface area contributed by atoms with E-state index in [2.05, 4.69) is 41.8 Å². The number of thiophene rings is 1. The first-order chi connectivity index (χ1) is 13.0. The van der Waals surface area contributed by atoms with Gasteiger partial charge in [-0.05, 0) is 28.5 Å². The second-order valence-electron chi connectivity index (χ2n) is 5.66. The SMILES string of the molecule is O=C(O)C(=O)O.c1cnc(-c2noc(C3CN(Cc4ccsc4)C3)n2)nc1. The molecule has 0 radical (unpaired) electrons. The summed E-state index contributed by atoms with van der Waals surface area (Å²) in [5.41, 5.74) is 1.36. The van der Waals surface area contributed by atoms with Gasteiger partial charge in [0.2, 0.25) is 17.5 Å². The fourth-order valence-electron chi connectivity index (χ4n) is 2.40. The van der Waals surface area contributed by atoms with Crippen LogP contribution < -0.4 is 0 Å². The number of carbonyl (C=O) groups is 2. The molecule has 27 heavy (non-hydrogen) atoms. The Hall–Kier alpha value is -3.18. The fraction of sp³-hybridized carbons (Fsp3) is 0.250. The molecule has 2 N–H and O–H groups in total. The van der Waals surface area contributed by atoms with Crippen LogP contribution >= 0.6 is 11.3 Å². The first-order valence-corrected chi connectivity index (χ1v) is 8.78. The Labute approximate surface area is 157 Å². The molecule has 11 heteroatoms. The zero-order chi connectivity index (χ0) is 19.2. The summed E-state index contributed by atoms with van der Waals surface area (Å²) >= 11 is 1.73. The van der Waals surface area contributed by atoms with Gasteiger partial charge >= 0.3 is 11.9 Å². The Morgan fingerprint density at radius 3 is 2.48 bits per heavy atom. The Kier molecular flexibility index (Phi) is 5.84.